The topological polar surface area (TPSA) is 10.7 Å². The molecule has 3 heteroatoms. The van der Waals surface area contributed by atoms with E-state index < -0.39 is 0 Å². The van der Waals surface area contributed by atoms with Crippen LogP contribution in [0, 0.1) is 0 Å². The Morgan fingerprint density at radius 3 is 1.68 bits per heavy atom. The van der Waals surface area contributed by atoms with E-state index in [1.54, 1.807) is 0 Å². The zero-order valence-corrected chi connectivity index (χ0v) is 17.8. The minimum Gasteiger partial charge on any atom is -0.378 e. The minimum atomic E-state index is 1.21. The number of hydrogen-bond donors (Lipinski definition) is 1. The second-order valence-corrected chi connectivity index (χ2v) is 7.83. The van der Waals surface area contributed by atoms with Crippen molar-refractivity contribution in [1.29, 1.82) is 0 Å². The molecule has 144 valence electrons. The number of nitrogens with one attached hydrogen (secondary N) is 1. The second kappa shape index (κ2) is 8.41. The van der Waals surface area contributed by atoms with E-state index in [-0.39, 0.29) is 0 Å². The fourth-order valence-electron chi connectivity index (χ4n) is 3.32. The summed E-state index contributed by atoms with van der Waals surface area (Å²) in [6.07, 6.45) is 8.80. The van der Waals surface area contributed by atoms with Crippen molar-refractivity contribution in [3.8, 4) is 0 Å². The van der Waals surface area contributed by atoms with Gasteiger partial charge in [0.1, 0.15) is 19.8 Å². The van der Waals surface area contributed by atoms with E-state index in [1.807, 2.05) is 0 Å². The number of benzene rings is 2. The van der Waals surface area contributed by atoms with Gasteiger partial charge in [0.2, 0.25) is 0 Å². The van der Waals surface area contributed by atoms with Crippen molar-refractivity contribution >= 4 is 22.7 Å². The molecule has 1 N–H and O–H groups in total. The SMILES string of the molecule is CN(C)c1ccc(C(=C2C=CC(=[N+](C)C)C=C2)c2ccc([NH+](C)C)cc2)cc1. The summed E-state index contributed by atoms with van der Waals surface area (Å²) >= 11 is 0. The van der Waals surface area contributed by atoms with E-state index in [9.17, 15) is 0 Å². The quantitative estimate of drug-likeness (QED) is 0.811. The molecule has 0 fully saturated rings. The lowest BCUT2D eigenvalue weighted by Gasteiger charge is -2.17. The molecule has 0 unspecified atom stereocenters. The van der Waals surface area contributed by atoms with Crippen LogP contribution < -0.4 is 9.80 Å². The van der Waals surface area contributed by atoms with Crippen molar-refractivity contribution in [3.63, 3.8) is 0 Å². The van der Waals surface area contributed by atoms with Crippen molar-refractivity contribution < 1.29 is 9.48 Å². The van der Waals surface area contributed by atoms with Crippen LogP contribution in [0.2, 0.25) is 0 Å². The zero-order valence-electron chi connectivity index (χ0n) is 17.8. The number of quaternary nitrogens is 1. The van der Waals surface area contributed by atoms with Crippen LogP contribution in [0.5, 0.6) is 0 Å². The smallest absolute Gasteiger partial charge is 0.199 e. The summed E-state index contributed by atoms with van der Waals surface area (Å²) in [5.41, 5.74) is 8.65. The molecule has 3 rings (SSSR count). The van der Waals surface area contributed by atoms with Crippen LogP contribution in [0.1, 0.15) is 11.1 Å². The van der Waals surface area contributed by atoms with Gasteiger partial charge in [-0.2, -0.15) is 0 Å². The lowest BCUT2D eigenvalue weighted by Crippen LogP contribution is -3.00. The average Bonchev–Trinajstić information content (AvgIpc) is 2.69. The molecule has 2 aromatic carbocycles. The molecule has 0 amide bonds. The van der Waals surface area contributed by atoms with Gasteiger partial charge in [0.25, 0.3) is 0 Å². The lowest BCUT2D eigenvalue weighted by molar-refractivity contribution is -0.786. The third kappa shape index (κ3) is 4.32. The van der Waals surface area contributed by atoms with Crippen molar-refractivity contribution in [2.45, 2.75) is 0 Å². The van der Waals surface area contributed by atoms with Crippen LogP contribution in [0.15, 0.2) is 78.4 Å². The van der Waals surface area contributed by atoms with Gasteiger partial charge < -0.3 is 9.80 Å². The van der Waals surface area contributed by atoms with Gasteiger partial charge in [-0.3, -0.25) is 0 Å². The third-order valence-corrected chi connectivity index (χ3v) is 5.10. The van der Waals surface area contributed by atoms with Crippen LogP contribution in [-0.2, 0) is 0 Å². The Morgan fingerprint density at radius 2 is 1.25 bits per heavy atom. The molecule has 0 heterocycles. The molecule has 28 heavy (non-hydrogen) atoms. The molecule has 0 spiro atoms. The van der Waals surface area contributed by atoms with Crippen LogP contribution in [0.3, 0.4) is 0 Å². The van der Waals surface area contributed by atoms with Crippen LogP contribution in [0.25, 0.3) is 5.57 Å². The highest BCUT2D eigenvalue weighted by Gasteiger charge is 2.14. The van der Waals surface area contributed by atoms with Gasteiger partial charge in [-0.05, 0) is 70.8 Å². The normalized spacial score (nSPS) is 13.2. The predicted octanol–water partition coefficient (Wildman–Crippen LogP) is 3.17. The van der Waals surface area contributed by atoms with E-state index in [0.29, 0.717) is 0 Å². The predicted molar refractivity (Wildman–Crippen MR) is 121 cm³/mol. The van der Waals surface area contributed by atoms with Crippen LogP contribution in [0.4, 0.5) is 11.4 Å². The fourth-order valence-corrected chi connectivity index (χ4v) is 3.32. The Morgan fingerprint density at radius 1 is 0.750 bits per heavy atom. The summed E-state index contributed by atoms with van der Waals surface area (Å²) < 4.78 is 2.13. The first kappa shape index (κ1) is 19.8. The molecule has 0 aromatic heterocycles. The standard InChI is InChI=1S/C25H30N3/c1-26(2)22-13-7-19(8-14-22)25(20-9-15-23(16-10-20)27(3)4)21-11-17-24(18-12-21)28(5)6/h7-18H,1-6H3/q+1/p+1. The van der Waals surface area contributed by atoms with Crippen molar-refractivity contribution in [2.24, 2.45) is 0 Å². The average molecular weight is 374 g/mol. The first-order valence-electron chi connectivity index (χ1n) is 9.70. The van der Waals surface area contributed by atoms with E-state index in [4.69, 9.17) is 0 Å². The summed E-state index contributed by atoms with van der Waals surface area (Å²) in [6.45, 7) is 0. The summed E-state index contributed by atoms with van der Waals surface area (Å²) in [6, 6.07) is 17.7. The number of allylic oxidation sites excluding steroid dienone is 5. The van der Waals surface area contributed by atoms with Gasteiger partial charge in [0.15, 0.2) is 5.71 Å². The first-order chi connectivity index (χ1) is 13.4. The number of rotatable bonds is 4. The van der Waals surface area contributed by atoms with Crippen LogP contribution >= 0.6 is 0 Å². The van der Waals surface area contributed by atoms with Gasteiger partial charge in [0, 0.05) is 31.9 Å². The maximum Gasteiger partial charge on any atom is 0.199 e. The van der Waals surface area contributed by atoms with E-state index in [1.165, 1.54) is 44.3 Å². The largest absolute Gasteiger partial charge is 0.378 e. The Bertz CT molecular complexity index is 878. The molecule has 0 saturated heterocycles. The zero-order chi connectivity index (χ0) is 20.3. The summed E-state index contributed by atoms with van der Waals surface area (Å²) in [5.74, 6) is 0. The van der Waals surface area contributed by atoms with Crippen molar-refractivity contribution in [3.05, 3.63) is 89.5 Å². The number of hydrogen-bond acceptors (Lipinski definition) is 1. The van der Waals surface area contributed by atoms with E-state index in [0.717, 1.165) is 0 Å². The van der Waals surface area contributed by atoms with Gasteiger partial charge in [-0.25, -0.2) is 4.58 Å². The number of anilines is 1. The van der Waals surface area contributed by atoms with Gasteiger partial charge in [-0.15, -0.1) is 0 Å². The fraction of sp³-hybridized carbons (Fsp3) is 0.240. The number of nitrogens with zero attached hydrogens (tertiary/aromatic N) is 2. The van der Waals surface area contributed by atoms with Crippen molar-refractivity contribution in [2.75, 3.05) is 47.2 Å². The molecule has 2 aromatic rings. The lowest BCUT2D eigenvalue weighted by atomic mass is 9.90. The monoisotopic (exact) mass is 373 g/mol. The Labute approximate surface area is 169 Å². The minimum absolute atomic E-state index is 1.21. The van der Waals surface area contributed by atoms with Crippen LogP contribution in [-0.4, -0.2) is 52.6 Å². The molecular formula is C25H31N3+2. The highest BCUT2D eigenvalue weighted by molar-refractivity contribution is 6.04. The highest BCUT2D eigenvalue weighted by Crippen LogP contribution is 2.31. The summed E-state index contributed by atoms with van der Waals surface area (Å²) in [4.78, 5) is 3.46. The summed E-state index contributed by atoms with van der Waals surface area (Å²) in [7, 11) is 12.6. The van der Waals surface area contributed by atoms with Gasteiger partial charge >= 0.3 is 0 Å². The maximum atomic E-state index is 2.23. The Balaban J connectivity index is 2.12. The molecule has 1 aliphatic carbocycles. The molecule has 0 saturated carbocycles. The molecule has 0 aliphatic heterocycles. The molecule has 0 radical (unpaired) electrons. The molecule has 1 aliphatic rings. The first-order valence-corrected chi connectivity index (χ1v) is 9.70. The van der Waals surface area contributed by atoms with Gasteiger partial charge in [-0.1, -0.05) is 12.1 Å². The molecule has 3 nitrogen and oxygen atoms in total. The third-order valence-electron chi connectivity index (χ3n) is 5.10. The molecular weight excluding hydrogens is 342 g/mol. The Hall–Kier alpha value is -2.91. The Kier molecular flexibility index (Phi) is 5.96. The van der Waals surface area contributed by atoms with Gasteiger partial charge in [0.05, 0.1) is 14.1 Å². The van der Waals surface area contributed by atoms with E-state index in [2.05, 4.69) is 125 Å². The second-order valence-electron chi connectivity index (χ2n) is 7.83. The molecule has 0 bridgehead atoms. The molecule has 0 atom stereocenters. The van der Waals surface area contributed by atoms with Crippen molar-refractivity contribution in [1.82, 2.24) is 0 Å². The highest BCUT2D eigenvalue weighted by atomic mass is 15.1. The van der Waals surface area contributed by atoms with E-state index >= 15 is 0 Å². The summed E-state index contributed by atoms with van der Waals surface area (Å²) in [5, 5.41) is 0. The maximum absolute atomic E-state index is 2.23.